The molecule has 0 aliphatic rings. The Morgan fingerprint density at radius 1 is 0.727 bits per heavy atom. The SMILES string of the molecule is COc1ccc(NC(c2cnc(Nc3ccccc3)nc2Nc2ccccc2)C(C)C)cc1. The lowest BCUT2D eigenvalue weighted by atomic mass is 9.97. The van der Waals surface area contributed by atoms with Gasteiger partial charge in [0, 0.05) is 28.8 Å². The normalized spacial score (nSPS) is 11.6. The molecule has 4 aromatic rings. The van der Waals surface area contributed by atoms with Crippen molar-refractivity contribution in [1.29, 1.82) is 0 Å². The lowest BCUT2D eigenvalue weighted by molar-refractivity contribution is 0.415. The molecule has 1 aromatic heterocycles. The van der Waals surface area contributed by atoms with Crippen LogP contribution in [0.2, 0.25) is 0 Å². The summed E-state index contributed by atoms with van der Waals surface area (Å²) in [4.78, 5) is 9.47. The van der Waals surface area contributed by atoms with Crippen LogP contribution < -0.4 is 20.7 Å². The number of hydrogen-bond acceptors (Lipinski definition) is 6. The van der Waals surface area contributed by atoms with Gasteiger partial charge in [-0.1, -0.05) is 50.2 Å². The second-order valence-corrected chi connectivity index (χ2v) is 8.07. The first-order valence-corrected chi connectivity index (χ1v) is 11.0. The molecule has 6 heteroatoms. The van der Waals surface area contributed by atoms with Gasteiger partial charge in [0.25, 0.3) is 0 Å². The summed E-state index contributed by atoms with van der Waals surface area (Å²) < 4.78 is 5.29. The van der Waals surface area contributed by atoms with E-state index >= 15 is 0 Å². The Kier molecular flexibility index (Phi) is 7.05. The predicted molar refractivity (Wildman–Crippen MR) is 136 cm³/mol. The number of ether oxygens (including phenoxy) is 1. The van der Waals surface area contributed by atoms with Crippen LogP contribution in [-0.2, 0) is 0 Å². The van der Waals surface area contributed by atoms with Gasteiger partial charge in [0.05, 0.1) is 13.2 Å². The van der Waals surface area contributed by atoms with Gasteiger partial charge in [-0.2, -0.15) is 4.98 Å². The third-order valence-electron chi connectivity index (χ3n) is 5.30. The minimum atomic E-state index is -0.00428. The minimum Gasteiger partial charge on any atom is -0.497 e. The molecular weight excluding hydrogens is 410 g/mol. The van der Waals surface area contributed by atoms with Crippen LogP contribution in [0.15, 0.2) is 91.1 Å². The van der Waals surface area contributed by atoms with Gasteiger partial charge in [-0.25, -0.2) is 4.98 Å². The number of anilines is 5. The highest BCUT2D eigenvalue weighted by Crippen LogP contribution is 2.33. The zero-order valence-corrected chi connectivity index (χ0v) is 19.1. The molecule has 0 saturated heterocycles. The van der Waals surface area contributed by atoms with Gasteiger partial charge >= 0.3 is 0 Å². The van der Waals surface area contributed by atoms with Crippen LogP contribution in [0, 0.1) is 5.92 Å². The van der Waals surface area contributed by atoms with E-state index < -0.39 is 0 Å². The topological polar surface area (TPSA) is 71.1 Å². The first-order chi connectivity index (χ1) is 16.1. The maximum Gasteiger partial charge on any atom is 0.229 e. The van der Waals surface area contributed by atoms with Gasteiger partial charge in [-0.05, 0) is 54.4 Å². The van der Waals surface area contributed by atoms with Crippen LogP contribution in [0.1, 0.15) is 25.5 Å². The third kappa shape index (κ3) is 5.80. The Morgan fingerprint density at radius 2 is 1.33 bits per heavy atom. The average molecular weight is 440 g/mol. The number of nitrogens with one attached hydrogen (secondary N) is 3. The molecule has 0 spiro atoms. The maximum atomic E-state index is 5.29. The number of para-hydroxylation sites is 2. The molecule has 6 nitrogen and oxygen atoms in total. The molecular formula is C27H29N5O. The van der Waals surface area contributed by atoms with Gasteiger partial charge < -0.3 is 20.7 Å². The molecule has 0 aliphatic carbocycles. The molecule has 1 unspecified atom stereocenters. The third-order valence-corrected chi connectivity index (χ3v) is 5.30. The highest BCUT2D eigenvalue weighted by atomic mass is 16.5. The maximum absolute atomic E-state index is 5.29. The number of rotatable bonds is 9. The number of methoxy groups -OCH3 is 1. The molecule has 33 heavy (non-hydrogen) atoms. The smallest absolute Gasteiger partial charge is 0.229 e. The predicted octanol–water partition coefficient (Wildman–Crippen LogP) is 6.78. The van der Waals surface area contributed by atoms with Gasteiger partial charge in [-0.3, -0.25) is 0 Å². The summed E-state index contributed by atoms with van der Waals surface area (Å²) in [5.74, 6) is 2.41. The van der Waals surface area contributed by atoms with Crippen molar-refractivity contribution >= 4 is 28.8 Å². The molecule has 1 atom stereocenters. The van der Waals surface area contributed by atoms with Crippen LogP contribution in [0.5, 0.6) is 5.75 Å². The van der Waals surface area contributed by atoms with E-state index in [0.29, 0.717) is 11.9 Å². The summed E-state index contributed by atoms with van der Waals surface area (Å²) in [6, 6.07) is 27.9. The number of benzene rings is 3. The Labute approximate surface area is 195 Å². The second kappa shape index (κ2) is 10.5. The van der Waals surface area contributed by atoms with Crippen molar-refractivity contribution in [3.8, 4) is 5.75 Å². The zero-order valence-electron chi connectivity index (χ0n) is 19.1. The highest BCUT2D eigenvalue weighted by Gasteiger charge is 2.22. The quantitative estimate of drug-likeness (QED) is 0.267. The molecule has 3 aromatic carbocycles. The Hall–Kier alpha value is -4.06. The van der Waals surface area contributed by atoms with Crippen molar-refractivity contribution in [2.24, 2.45) is 5.92 Å². The van der Waals surface area contributed by atoms with E-state index in [-0.39, 0.29) is 6.04 Å². The fourth-order valence-corrected chi connectivity index (χ4v) is 3.56. The molecule has 0 fully saturated rings. The standard InChI is InChI=1S/C27H29N5O/c1-19(2)25(29-22-14-16-23(33-3)17-15-22)24-18-28-27(31-21-12-8-5-9-13-21)32-26(24)30-20-10-6-4-7-11-20/h4-19,25,29H,1-3H3,(H2,28,30,31,32). The van der Waals surface area contributed by atoms with Crippen molar-refractivity contribution in [2.45, 2.75) is 19.9 Å². The van der Waals surface area contributed by atoms with Crippen LogP contribution in [0.4, 0.5) is 28.8 Å². The Bertz CT molecular complexity index is 1150. The summed E-state index contributed by atoms with van der Waals surface area (Å²) in [5.41, 5.74) is 3.90. The summed E-state index contributed by atoms with van der Waals surface area (Å²) in [6.45, 7) is 4.37. The summed E-state index contributed by atoms with van der Waals surface area (Å²) in [7, 11) is 1.67. The first-order valence-electron chi connectivity index (χ1n) is 11.0. The van der Waals surface area contributed by atoms with Crippen LogP contribution >= 0.6 is 0 Å². The van der Waals surface area contributed by atoms with Gasteiger partial charge in [0.15, 0.2) is 0 Å². The zero-order chi connectivity index (χ0) is 23.0. The lowest BCUT2D eigenvalue weighted by Crippen LogP contribution is -2.19. The minimum absolute atomic E-state index is 0.00428. The van der Waals surface area contributed by atoms with E-state index in [1.54, 1.807) is 7.11 Å². The number of aromatic nitrogens is 2. The Morgan fingerprint density at radius 3 is 1.91 bits per heavy atom. The van der Waals surface area contributed by atoms with E-state index in [2.05, 4.69) is 34.8 Å². The van der Waals surface area contributed by atoms with Crippen LogP contribution in [0.25, 0.3) is 0 Å². The average Bonchev–Trinajstić information content (AvgIpc) is 2.84. The molecule has 0 amide bonds. The van der Waals surface area contributed by atoms with Crippen molar-refractivity contribution in [3.05, 3.63) is 96.7 Å². The fourth-order valence-electron chi connectivity index (χ4n) is 3.56. The largest absolute Gasteiger partial charge is 0.497 e. The summed E-state index contributed by atoms with van der Waals surface area (Å²) in [5, 5.41) is 10.4. The second-order valence-electron chi connectivity index (χ2n) is 8.07. The molecule has 4 rings (SSSR count). The van der Waals surface area contributed by atoms with Crippen LogP contribution in [-0.4, -0.2) is 17.1 Å². The monoisotopic (exact) mass is 439 g/mol. The lowest BCUT2D eigenvalue weighted by Gasteiger charge is -2.26. The van der Waals surface area contributed by atoms with Crippen molar-refractivity contribution in [2.75, 3.05) is 23.1 Å². The van der Waals surface area contributed by atoms with E-state index in [1.165, 1.54) is 0 Å². The number of hydrogen-bond donors (Lipinski definition) is 3. The Balaban J connectivity index is 1.68. The van der Waals surface area contributed by atoms with Gasteiger partial charge in [-0.15, -0.1) is 0 Å². The summed E-state index contributed by atoms with van der Waals surface area (Å²) >= 11 is 0. The van der Waals surface area contributed by atoms with Gasteiger partial charge in [0.2, 0.25) is 5.95 Å². The molecule has 0 radical (unpaired) electrons. The fraction of sp³-hybridized carbons (Fsp3) is 0.185. The first kappa shape index (κ1) is 22.1. The van der Waals surface area contributed by atoms with E-state index in [1.807, 2.05) is 91.1 Å². The van der Waals surface area contributed by atoms with Crippen molar-refractivity contribution < 1.29 is 4.74 Å². The van der Waals surface area contributed by atoms with Gasteiger partial charge in [0.1, 0.15) is 11.6 Å². The molecule has 3 N–H and O–H groups in total. The van der Waals surface area contributed by atoms with Crippen LogP contribution in [0.3, 0.4) is 0 Å². The summed E-state index contributed by atoms with van der Waals surface area (Å²) in [6.07, 6.45) is 1.89. The molecule has 0 saturated carbocycles. The highest BCUT2D eigenvalue weighted by molar-refractivity contribution is 5.64. The molecule has 0 bridgehead atoms. The molecule has 1 heterocycles. The van der Waals surface area contributed by atoms with E-state index in [0.717, 1.165) is 34.2 Å². The van der Waals surface area contributed by atoms with Crippen molar-refractivity contribution in [1.82, 2.24) is 9.97 Å². The van der Waals surface area contributed by atoms with Crippen molar-refractivity contribution in [3.63, 3.8) is 0 Å². The van der Waals surface area contributed by atoms with E-state index in [4.69, 9.17) is 9.72 Å². The molecule has 0 aliphatic heterocycles. The molecule has 168 valence electrons. The number of nitrogens with zero attached hydrogens (tertiary/aromatic N) is 2. The van der Waals surface area contributed by atoms with E-state index in [9.17, 15) is 0 Å².